The second-order valence-electron chi connectivity index (χ2n) is 13.6. The van der Waals surface area contributed by atoms with Gasteiger partial charge in [-0.3, -0.25) is 0 Å². The van der Waals surface area contributed by atoms with Crippen molar-refractivity contribution in [3.63, 3.8) is 0 Å². The molecule has 0 aliphatic heterocycles. The molecule has 0 spiro atoms. The topological polar surface area (TPSA) is 38.7 Å². The van der Waals surface area contributed by atoms with Crippen LogP contribution < -0.4 is 0 Å². The number of nitrogens with zero attached hydrogens (tertiary/aromatic N) is 3. The first-order chi connectivity index (χ1) is 26.7. The van der Waals surface area contributed by atoms with Crippen LogP contribution in [0.15, 0.2) is 176 Å². The monoisotopic (exact) mass is 723 g/mol. The maximum absolute atomic E-state index is 5.17. The largest absolute Gasteiger partial charge is 0.208 e. The normalized spacial score (nSPS) is 11.7. The summed E-state index contributed by atoms with van der Waals surface area (Å²) in [5.74, 6) is 1.97. The van der Waals surface area contributed by atoms with Crippen molar-refractivity contribution in [3.8, 4) is 56.4 Å². The lowest BCUT2D eigenvalue weighted by atomic mass is 9.99. The summed E-state index contributed by atoms with van der Waals surface area (Å²) in [6, 6.07) is 62.5. The van der Waals surface area contributed by atoms with Crippen molar-refractivity contribution in [1.29, 1.82) is 0 Å². The fourth-order valence-corrected chi connectivity index (χ4v) is 10.2. The average Bonchev–Trinajstić information content (AvgIpc) is 3.82. The van der Waals surface area contributed by atoms with Crippen LogP contribution in [0.25, 0.3) is 108 Å². The summed E-state index contributed by atoms with van der Waals surface area (Å²) < 4.78 is 5.22. The van der Waals surface area contributed by atoms with Gasteiger partial charge in [-0.15, -0.1) is 22.7 Å². The lowest BCUT2D eigenvalue weighted by Crippen LogP contribution is -2.00. The summed E-state index contributed by atoms with van der Waals surface area (Å²) in [7, 11) is 0. The van der Waals surface area contributed by atoms with Gasteiger partial charge in [-0.2, -0.15) is 0 Å². The van der Waals surface area contributed by atoms with Gasteiger partial charge in [0.2, 0.25) is 0 Å². The van der Waals surface area contributed by atoms with Gasteiger partial charge in [-0.05, 0) is 45.8 Å². The van der Waals surface area contributed by atoms with Gasteiger partial charge in [-0.1, -0.05) is 158 Å². The SMILES string of the molecule is c1ccc(-c2cccc(-c3nc(-c4ccccc4)nc(-c4cccc5c4ccc4c6ccc(-c7cccc8c7sc7ccccc78)cc6sc54)n3)c2)cc1. The number of aromatic nitrogens is 3. The van der Waals surface area contributed by atoms with Crippen LogP contribution in [0.5, 0.6) is 0 Å². The highest BCUT2D eigenvalue weighted by Crippen LogP contribution is 2.44. The van der Waals surface area contributed by atoms with Crippen molar-refractivity contribution in [3.05, 3.63) is 176 Å². The molecule has 0 saturated heterocycles. The Morgan fingerprint density at radius 2 is 0.815 bits per heavy atom. The quantitative estimate of drug-likeness (QED) is 0.177. The minimum absolute atomic E-state index is 0.651. The number of hydrogen-bond acceptors (Lipinski definition) is 5. The highest BCUT2D eigenvalue weighted by Gasteiger charge is 2.18. The highest BCUT2D eigenvalue weighted by molar-refractivity contribution is 7.27. The van der Waals surface area contributed by atoms with E-state index >= 15 is 0 Å². The van der Waals surface area contributed by atoms with Crippen LogP contribution in [0.1, 0.15) is 0 Å². The molecule has 0 N–H and O–H groups in total. The highest BCUT2D eigenvalue weighted by atomic mass is 32.1. The van der Waals surface area contributed by atoms with Crippen molar-refractivity contribution in [2.75, 3.05) is 0 Å². The minimum atomic E-state index is 0.651. The molecule has 0 aliphatic rings. The third-order valence-electron chi connectivity index (χ3n) is 10.3. The maximum atomic E-state index is 5.17. The van der Waals surface area contributed by atoms with Gasteiger partial charge < -0.3 is 0 Å². The first kappa shape index (κ1) is 31.0. The molecule has 0 bridgehead atoms. The molecule has 8 aromatic carbocycles. The van der Waals surface area contributed by atoms with E-state index in [4.69, 9.17) is 15.0 Å². The molecule has 0 amide bonds. The molecule has 5 heteroatoms. The Hall–Kier alpha value is -6.53. The van der Waals surface area contributed by atoms with Gasteiger partial charge in [0.05, 0.1) is 0 Å². The van der Waals surface area contributed by atoms with Gasteiger partial charge in [0.15, 0.2) is 17.5 Å². The van der Waals surface area contributed by atoms with Crippen molar-refractivity contribution >= 4 is 73.8 Å². The van der Waals surface area contributed by atoms with Crippen LogP contribution in [0, 0.1) is 0 Å². The van der Waals surface area contributed by atoms with Gasteiger partial charge >= 0.3 is 0 Å². The Morgan fingerprint density at radius 1 is 0.278 bits per heavy atom. The van der Waals surface area contributed by atoms with E-state index in [1.54, 1.807) is 0 Å². The third kappa shape index (κ3) is 5.12. The number of fused-ring (bicyclic) bond motifs is 8. The molecule has 0 aliphatic carbocycles. The first-order valence-corrected chi connectivity index (χ1v) is 19.6. The second-order valence-corrected chi connectivity index (χ2v) is 15.7. The van der Waals surface area contributed by atoms with E-state index in [0.717, 1.165) is 33.2 Å². The standard InChI is InChI=1S/C49H29N3S2/c1-3-12-30(13-4-1)32-16-9-17-34(28-32)48-50-47(31-14-5-2-6-15-31)51-49(52-48)42-22-11-20-39-36(42)26-27-41-38-25-24-33(29-44(38)54-46(39)41)35-19-10-21-40-37-18-7-8-23-43(37)53-45(35)40/h1-29H. The molecular formula is C49H29N3S2. The van der Waals surface area contributed by atoms with E-state index in [9.17, 15) is 0 Å². The van der Waals surface area contributed by atoms with Crippen molar-refractivity contribution in [1.82, 2.24) is 15.0 Å². The lowest BCUT2D eigenvalue weighted by Gasteiger charge is -2.11. The summed E-state index contributed by atoms with van der Waals surface area (Å²) in [5.41, 5.74) is 7.71. The molecule has 0 radical (unpaired) electrons. The number of rotatable bonds is 5. The molecule has 3 heterocycles. The predicted molar refractivity (Wildman–Crippen MR) is 230 cm³/mol. The molecule has 0 unspecified atom stereocenters. The fourth-order valence-electron chi connectivity index (χ4n) is 7.74. The van der Waals surface area contributed by atoms with Gasteiger partial charge in [0.25, 0.3) is 0 Å². The third-order valence-corrected chi connectivity index (χ3v) is 12.8. The summed E-state index contributed by atoms with van der Waals surface area (Å²) in [5, 5.41) is 7.52. The Morgan fingerprint density at radius 3 is 1.65 bits per heavy atom. The van der Waals surface area contributed by atoms with Gasteiger partial charge in [-0.25, -0.2) is 15.0 Å². The molecule has 0 fully saturated rings. The van der Waals surface area contributed by atoms with E-state index < -0.39 is 0 Å². The van der Waals surface area contributed by atoms with Crippen LogP contribution in [0.3, 0.4) is 0 Å². The summed E-state index contributed by atoms with van der Waals surface area (Å²) in [6.07, 6.45) is 0. The van der Waals surface area contributed by atoms with E-state index in [1.807, 2.05) is 46.9 Å². The van der Waals surface area contributed by atoms with Crippen molar-refractivity contribution in [2.24, 2.45) is 0 Å². The van der Waals surface area contributed by atoms with E-state index in [1.165, 1.54) is 56.9 Å². The molecule has 54 heavy (non-hydrogen) atoms. The smallest absolute Gasteiger partial charge is 0.164 e. The molecular weight excluding hydrogens is 695 g/mol. The lowest BCUT2D eigenvalue weighted by molar-refractivity contribution is 1.08. The average molecular weight is 724 g/mol. The second kappa shape index (κ2) is 12.6. The van der Waals surface area contributed by atoms with Crippen LogP contribution >= 0.6 is 22.7 Å². The van der Waals surface area contributed by atoms with Crippen LogP contribution in [0.4, 0.5) is 0 Å². The maximum Gasteiger partial charge on any atom is 0.164 e. The Labute approximate surface area is 319 Å². The summed E-state index contributed by atoms with van der Waals surface area (Å²) >= 11 is 3.74. The van der Waals surface area contributed by atoms with Crippen LogP contribution in [-0.2, 0) is 0 Å². The zero-order valence-electron chi connectivity index (χ0n) is 28.9. The predicted octanol–water partition coefficient (Wildman–Crippen LogP) is 14.1. The van der Waals surface area contributed by atoms with E-state index in [-0.39, 0.29) is 0 Å². The fraction of sp³-hybridized carbons (Fsp3) is 0. The van der Waals surface area contributed by atoms with E-state index in [0.29, 0.717) is 17.5 Å². The minimum Gasteiger partial charge on any atom is -0.208 e. The molecule has 3 aromatic heterocycles. The molecule has 0 saturated carbocycles. The van der Waals surface area contributed by atoms with Crippen LogP contribution in [0.2, 0.25) is 0 Å². The number of benzene rings is 8. The molecule has 11 rings (SSSR count). The summed E-state index contributed by atoms with van der Waals surface area (Å²) in [6.45, 7) is 0. The zero-order chi connectivity index (χ0) is 35.6. The Balaban J connectivity index is 1.07. The van der Waals surface area contributed by atoms with Gasteiger partial charge in [0, 0.05) is 62.4 Å². The molecule has 3 nitrogen and oxygen atoms in total. The molecule has 0 atom stereocenters. The Kier molecular flexibility index (Phi) is 7.22. The molecule has 252 valence electrons. The van der Waals surface area contributed by atoms with Crippen LogP contribution in [-0.4, -0.2) is 15.0 Å². The van der Waals surface area contributed by atoms with Crippen molar-refractivity contribution in [2.45, 2.75) is 0 Å². The van der Waals surface area contributed by atoms with E-state index in [2.05, 4.69) is 152 Å². The number of thiophene rings is 2. The summed E-state index contributed by atoms with van der Waals surface area (Å²) in [4.78, 5) is 15.3. The molecule has 11 aromatic rings. The number of hydrogen-bond donors (Lipinski definition) is 0. The Bertz CT molecular complexity index is 3220. The van der Waals surface area contributed by atoms with Crippen molar-refractivity contribution < 1.29 is 0 Å². The first-order valence-electron chi connectivity index (χ1n) is 18.0. The zero-order valence-corrected chi connectivity index (χ0v) is 30.5. The van der Waals surface area contributed by atoms with Gasteiger partial charge in [0.1, 0.15) is 0 Å².